The average Bonchev–Trinajstić information content (AvgIpc) is 2.80. The lowest BCUT2D eigenvalue weighted by Gasteiger charge is -2.11. The van der Waals surface area contributed by atoms with Gasteiger partial charge in [-0.05, 0) is 65.9 Å². The minimum absolute atomic E-state index is 0.0301. The molecular formula is C23H16F6N2O4S2. The number of rotatable bonds is 8. The van der Waals surface area contributed by atoms with Crippen LogP contribution in [0.1, 0.15) is 16.7 Å². The van der Waals surface area contributed by atoms with Gasteiger partial charge in [-0.3, -0.25) is 4.79 Å². The van der Waals surface area contributed by atoms with E-state index in [2.05, 4.69) is 10.5 Å². The maximum absolute atomic E-state index is 12.7. The molecule has 0 saturated carbocycles. The standard InChI is InChI=1S/C23H16F6N2O4S2/c24-22(25,26)17-7-11-19(12-8-17)37(33,34)35-20-4-2-1-3-16(20)14-30-31-21(32)13-15-5-9-18(10-6-15)36-23(27,28)29/h1-12,14H,13H2,(H,31,32)/b30-14+. The number of thioether (sulfide) groups is 1. The Kier molecular flexibility index (Phi) is 8.53. The van der Waals surface area contributed by atoms with Gasteiger partial charge in [0.05, 0.1) is 18.2 Å². The minimum atomic E-state index is -4.63. The summed E-state index contributed by atoms with van der Waals surface area (Å²) < 4.78 is 105. The van der Waals surface area contributed by atoms with Gasteiger partial charge in [-0.15, -0.1) is 0 Å². The molecule has 0 aromatic heterocycles. The van der Waals surface area contributed by atoms with Gasteiger partial charge in [0.2, 0.25) is 5.91 Å². The van der Waals surface area contributed by atoms with Gasteiger partial charge in [-0.25, -0.2) is 5.43 Å². The fraction of sp³-hybridized carbons (Fsp3) is 0.130. The summed E-state index contributed by atoms with van der Waals surface area (Å²) in [7, 11) is -4.48. The normalized spacial score (nSPS) is 12.5. The number of carbonyl (C=O) groups is 1. The zero-order chi connectivity index (χ0) is 27.3. The third-order valence-corrected chi connectivity index (χ3v) is 6.49. The molecule has 14 heteroatoms. The van der Waals surface area contributed by atoms with Gasteiger partial charge in [0.1, 0.15) is 4.90 Å². The Morgan fingerprint density at radius 1 is 0.919 bits per heavy atom. The number of para-hydroxylation sites is 1. The highest BCUT2D eigenvalue weighted by molar-refractivity contribution is 8.00. The Bertz CT molecular complexity index is 1370. The summed E-state index contributed by atoms with van der Waals surface area (Å²) in [4.78, 5) is 11.6. The van der Waals surface area contributed by atoms with Gasteiger partial charge >= 0.3 is 21.8 Å². The number of halogens is 6. The van der Waals surface area contributed by atoms with Crippen LogP contribution in [0.5, 0.6) is 5.75 Å². The molecule has 1 N–H and O–H groups in total. The molecule has 3 aromatic rings. The topological polar surface area (TPSA) is 84.8 Å². The number of amides is 1. The number of nitrogens with zero attached hydrogens (tertiary/aromatic N) is 1. The van der Waals surface area contributed by atoms with Crippen molar-refractivity contribution >= 4 is 34.0 Å². The highest BCUT2D eigenvalue weighted by atomic mass is 32.2. The zero-order valence-electron chi connectivity index (χ0n) is 18.4. The maximum Gasteiger partial charge on any atom is 0.446 e. The first kappa shape index (κ1) is 28.1. The van der Waals surface area contributed by atoms with Crippen molar-refractivity contribution in [1.82, 2.24) is 5.43 Å². The lowest BCUT2D eigenvalue weighted by Crippen LogP contribution is -2.19. The summed E-state index contributed by atoms with van der Waals surface area (Å²) in [6, 6.07) is 13.6. The van der Waals surface area contributed by atoms with Crippen molar-refractivity contribution in [3.05, 3.63) is 89.5 Å². The summed E-state index contributed by atoms with van der Waals surface area (Å²) in [6.07, 6.45) is -3.72. The Hall–Kier alpha value is -3.52. The van der Waals surface area contributed by atoms with Crippen LogP contribution >= 0.6 is 11.8 Å². The molecule has 3 rings (SSSR count). The van der Waals surface area contributed by atoms with E-state index in [4.69, 9.17) is 4.18 Å². The van der Waals surface area contributed by atoms with Crippen molar-refractivity contribution in [2.45, 2.75) is 27.9 Å². The van der Waals surface area contributed by atoms with Crippen LogP contribution in [-0.4, -0.2) is 26.0 Å². The van der Waals surface area contributed by atoms with Crippen LogP contribution in [0, 0.1) is 0 Å². The Morgan fingerprint density at radius 3 is 2.14 bits per heavy atom. The molecular weight excluding hydrogens is 546 g/mol. The molecule has 0 atom stereocenters. The number of alkyl halides is 6. The molecule has 0 radical (unpaired) electrons. The average molecular weight is 563 g/mol. The molecule has 0 saturated heterocycles. The first-order valence-electron chi connectivity index (χ1n) is 10.1. The van der Waals surface area contributed by atoms with Gasteiger partial charge in [0.15, 0.2) is 5.75 Å². The molecule has 0 aliphatic carbocycles. The van der Waals surface area contributed by atoms with E-state index >= 15 is 0 Å². The van der Waals surface area contributed by atoms with Gasteiger partial charge in [-0.1, -0.05) is 24.3 Å². The van der Waals surface area contributed by atoms with E-state index in [0.29, 0.717) is 17.7 Å². The number of hydrogen-bond acceptors (Lipinski definition) is 6. The van der Waals surface area contributed by atoms with Crippen LogP contribution in [0.3, 0.4) is 0 Å². The molecule has 3 aromatic carbocycles. The van der Waals surface area contributed by atoms with Crippen LogP contribution < -0.4 is 9.61 Å². The number of hydrogen-bond donors (Lipinski definition) is 1. The third kappa shape index (κ3) is 8.53. The Labute approximate surface area is 211 Å². The first-order valence-corrected chi connectivity index (χ1v) is 12.3. The summed E-state index contributed by atoms with van der Waals surface area (Å²) in [5, 5.41) is 3.73. The Balaban J connectivity index is 1.63. The van der Waals surface area contributed by atoms with E-state index in [-0.39, 0.29) is 34.4 Å². The molecule has 0 spiro atoms. The summed E-state index contributed by atoms with van der Waals surface area (Å²) >= 11 is -0.279. The van der Waals surface area contributed by atoms with Crippen molar-refractivity contribution in [1.29, 1.82) is 0 Å². The Morgan fingerprint density at radius 2 is 1.54 bits per heavy atom. The number of benzene rings is 3. The highest BCUT2D eigenvalue weighted by Crippen LogP contribution is 2.36. The summed E-state index contributed by atoms with van der Waals surface area (Å²) in [6.45, 7) is 0. The van der Waals surface area contributed by atoms with Crippen molar-refractivity contribution in [3.63, 3.8) is 0 Å². The highest BCUT2D eigenvalue weighted by Gasteiger charge is 2.31. The van der Waals surface area contributed by atoms with Crippen LogP contribution in [0.2, 0.25) is 0 Å². The van der Waals surface area contributed by atoms with Crippen molar-refractivity contribution in [3.8, 4) is 5.75 Å². The second-order valence-electron chi connectivity index (χ2n) is 7.26. The smallest absolute Gasteiger partial charge is 0.378 e. The fourth-order valence-electron chi connectivity index (χ4n) is 2.85. The molecule has 196 valence electrons. The maximum atomic E-state index is 12.7. The molecule has 0 aliphatic heterocycles. The van der Waals surface area contributed by atoms with E-state index in [1.54, 1.807) is 0 Å². The third-order valence-electron chi connectivity index (χ3n) is 4.50. The molecule has 0 unspecified atom stereocenters. The fourth-order valence-corrected chi connectivity index (χ4v) is 4.34. The van der Waals surface area contributed by atoms with Crippen LogP contribution in [0.15, 0.2) is 87.7 Å². The quantitative estimate of drug-likeness (QED) is 0.124. The van der Waals surface area contributed by atoms with Crippen molar-refractivity contribution in [2.75, 3.05) is 0 Å². The molecule has 6 nitrogen and oxygen atoms in total. The first-order chi connectivity index (χ1) is 17.2. The van der Waals surface area contributed by atoms with Crippen LogP contribution in [-0.2, 0) is 27.5 Å². The zero-order valence-corrected chi connectivity index (χ0v) is 20.0. The van der Waals surface area contributed by atoms with Crippen molar-refractivity contribution in [2.24, 2.45) is 5.10 Å². The van der Waals surface area contributed by atoms with Gasteiger partial charge in [-0.2, -0.15) is 39.9 Å². The van der Waals surface area contributed by atoms with E-state index in [0.717, 1.165) is 18.3 Å². The molecule has 0 bridgehead atoms. The number of carbonyl (C=O) groups excluding carboxylic acids is 1. The minimum Gasteiger partial charge on any atom is -0.378 e. The van der Waals surface area contributed by atoms with E-state index < -0.39 is 38.2 Å². The molecule has 0 aliphatic rings. The molecule has 0 heterocycles. The summed E-state index contributed by atoms with van der Waals surface area (Å²) in [5.41, 5.74) is -2.67. The van der Waals surface area contributed by atoms with Gasteiger partial charge < -0.3 is 4.18 Å². The van der Waals surface area contributed by atoms with E-state index in [9.17, 15) is 39.6 Å². The van der Waals surface area contributed by atoms with E-state index in [1.807, 2.05) is 0 Å². The van der Waals surface area contributed by atoms with E-state index in [1.165, 1.54) is 48.5 Å². The lowest BCUT2D eigenvalue weighted by molar-refractivity contribution is -0.137. The SMILES string of the molecule is O=C(Cc1ccc(SC(F)(F)F)cc1)N/N=C/c1ccccc1OS(=O)(=O)c1ccc(C(F)(F)F)cc1. The predicted molar refractivity (Wildman–Crippen MR) is 123 cm³/mol. The summed E-state index contributed by atoms with van der Waals surface area (Å²) in [5.74, 6) is -0.790. The molecule has 0 fully saturated rings. The second-order valence-corrected chi connectivity index (χ2v) is 9.94. The van der Waals surface area contributed by atoms with Crippen LogP contribution in [0.4, 0.5) is 26.3 Å². The van der Waals surface area contributed by atoms with Crippen LogP contribution in [0.25, 0.3) is 0 Å². The van der Waals surface area contributed by atoms with Gasteiger partial charge in [0, 0.05) is 10.5 Å². The number of hydrazone groups is 1. The predicted octanol–water partition coefficient (Wildman–Crippen LogP) is 5.78. The molecule has 1 amide bonds. The monoisotopic (exact) mass is 562 g/mol. The molecule has 37 heavy (non-hydrogen) atoms. The van der Waals surface area contributed by atoms with Gasteiger partial charge in [0.25, 0.3) is 0 Å². The van der Waals surface area contributed by atoms with Crippen molar-refractivity contribution < 1.29 is 43.7 Å². The largest absolute Gasteiger partial charge is 0.446 e. The lowest BCUT2D eigenvalue weighted by atomic mass is 10.1. The number of nitrogens with one attached hydrogen (secondary N) is 1. The second kappa shape index (κ2) is 11.3.